The van der Waals surface area contributed by atoms with E-state index in [4.69, 9.17) is 0 Å². The number of rotatable bonds is 4. The molecule has 0 saturated carbocycles. The Labute approximate surface area is 197 Å². The molecule has 0 spiro atoms. The minimum atomic E-state index is -1.80. The molecular formula is C25H33ClCrPSi-. The van der Waals surface area contributed by atoms with Gasteiger partial charge in [-0.15, -0.1) is 19.3 Å². The number of hydrogen-bond acceptors (Lipinski definition) is 0. The summed E-state index contributed by atoms with van der Waals surface area (Å²) in [5.41, 5.74) is 5.70. The second kappa shape index (κ2) is 9.68. The molecule has 29 heavy (non-hydrogen) atoms. The normalized spacial score (nSPS) is 15.7. The second-order valence-corrected chi connectivity index (χ2v) is 19.0. The molecule has 0 nitrogen and oxygen atoms in total. The summed E-state index contributed by atoms with van der Waals surface area (Å²) in [5, 5.41) is 4.54. The number of aryl methyl sites for hydroxylation is 2. The van der Waals surface area contributed by atoms with Crippen LogP contribution in [-0.2, 0) is 17.4 Å². The molecule has 0 heterocycles. The van der Waals surface area contributed by atoms with Crippen LogP contribution in [-0.4, -0.2) is 7.74 Å². The van der Waals surface area contributed by atoms with Crippen LogP contribution in [0.4, 0.5) is 0 Å². The van der Waals surface area contributed by atoms with E-state index in [2.05, 4.69) is 109 Å². The average Bonchev–Trinajstić information content (AvgIpc) is 2.82. The van der Waals surface area contributed by atoms with Gasteiger partial charge >= 0.3 is 0 Å². The van der Waals surface area contributed by atoms with Crippen molar-refractivity contribution in [3.05, 3.63) is 82.1 Å². The largest absolute Gasteiger partial charge is 0.267 e. The summed E-state index contributed by atoms with van der Waals surface area (Å²) in [7, 11) is -2.21. The van der Waals surface area contributed by atoms with Crippen molar-refractivity contribution in [2.24, 2.45) is 5.41 Å². The first-order valence-corrected chi connectivity index (χ1v) is 15.0. The molecule has 0 fully saturated rings. The fraction of sp³-hybridized carbons (Fsp3) is 0.360. The van der Waals surface area contributed by atoms with E-state index in [-0.39, 0.29) is 35.2 Å². The van der Waals surface area contributed by atoms with Gasteiger partial charge in [0.2, 0.25) is 0 Å². The minimum Gasteiger partial charge on any atom is -0.267 e. The van der Waals surface area contributed by atoms with Crippen LogP contribution in [0.1, 0.15) is 38.8 Å². The van der Waals surface area contributed by atoms with E-state index in [0.29, 0.717) is 0 Å². The van der Waals surface area contributed by atoms with Crippen molar-refractivity contribution in [2.75, 3.05) is 0 Å². The third-order valence-corrected chi connectivity index (χ3v) is 16.1. The predicted octanol–water partition coefficient (Wildman–Crippen LogP) is 7.01. The van der Waals surface area contributed by atoms with Crippen molar-refractivity contribution in [3.63, 3.8) is 0 Å². The van der Waals surface area contributed by atoms with Crippen LogP contribution in [0.2, 0.25) is 13.1 Å². The molecule has 0 radical (unpaired) electrons. The van der Waals surface area contributed by atoms with Gasteiger partial charge in [0, 0.05) is 17.4 Å². The van der Waals surface area contributed by atoms with Gasteiger partial charge < -0.3 is 0 Å². The quantitative estimate of drug-likeness (QED) is 0.251. The fourth-order valence-corrected chi connectivity index (χ4v) is 14.6. The molecule has 1 aliphatic rings. The monoisotopic (exact) mass is 479 g/mol. The van der Waals surface area contributed by atoms with E-state index in [1.807, 2.05) is 0 Å². The van der Waals surface area contributed by atoms with Crippen LogP contribution in [0.3, 0.4) is 0 Å². The fourth-order valence-electron chi connectivity index (χ4n) is 4.06. The molecule has 0 saturated heterocycles. The van der Waals surface area contributed by atoms with Crippen LogP contribution in [0.15, 0.2) is 64.9 Å². The van der Waals surface area contributed by atoms with Gasteiger partial charge in [-0.2, -0.15) is 5.57 Å². The predicted molar refractivity (Wildman–Crippen MR) is 132 cm³/mol. The summed E-state index contributed by atoms with van der Waals surface area (Å²) in [5.74, 6) is 0. The zero-order chi connectivity index (χ0) is 20.0. The smallest absolute Gasteiger partial charge is 0.0808 e. The molecular weight excluding hydrogens is 447 g/mol. The van der Waals surface area contributed by atoms with Gasteiger partial charge in [0.1, 0.15) is 0 Å². The molecule has 0 atom stereocenters. The SMILES string of the molecule is CC1=C(C)C(C)(C)[C-]=C1[Si](C)(C)P(c1ccc(C)cc1)c1ccc(C)cc1.Cl.[Cr]. The third-order valence-electron chi connectivity index (χ3n) is 6.07. The molecule has 0 amide bonds. The van der Waals surface area contributed by atoms with Gasteiger partial charge in [-0.3, -0.25) is 6.08 Å². The molecule has 0 bridgehead atoms. The summed E-state index contributed by atoms with van der Waals surface area (Å²) < 4.78 is 0. The van der Waals surface area contributed by atoms with Gasteiger partial charge in [0.05, 0.1) is 7.74 Å². The standard InChI is InChI=1S/C25H32PSi.ClH.Cr/c1-18-9-13-22(14-10-18)26(23-15-11-19(2)12-16-23)27(7,8)24-17-25(5,6)21(4)20(24)3;;/h9-16H,1-8H3;1H;/q-1;;. The van der Waals surface area contributed by atoms with Gasteiger partial charge in [-0.1, -0.05) is 106 Å². The number of hydrogen-bond donors (Lipinski definition) is 0. The Morgan fingerprint density at radius 2 is 1.14 bits per heavy atom. The Kier molecular flexibility index (Phi) is 8.82. The average molecular weight is 480 g/mol. The van der Waals surface area contributed by atoms with E-state index >= 15 is 0 Å². The van der Waals surface area contributed by atoms with Crippen LogP contribution in [0.25, 0.3) is 0 Å². The van der Waals surface area contributed by atoms with Gasteiger partial charge in [-0.25, -0.2) is 10.8 Å². The zero-order valence-electron chi connectivity index (χ0n) is 18.9. The Morgan fingerprint density at radius 1 is 0.759 bits per heavy atom. The van der Waals surface area contributed by atoms with E-state index in [1.54, 1.807) is 0 Å². The number of halogens is 1. The van der Waals surface area contributed by atoms with Crippen LogP contribution in [0, 0.1) is 25.3 Å². The minimum absolute atomic E-state index is 0. The van der Waals surface area contributed by atoms with Crippen molar-refractivity contribution in [1.82, 2.24) is 0 Å². The van der Waals surface area contributed by atoms with Crippen molar-refractivity contribution >= 4 is 38.2 Å². The Balaban J connectivity index is 0.00000210. The number of benzene rings is 2. The molecule has 0 unspecified atom stereocenters. The van der Waals surface area contributed by atoms with Crippen molar-refractivity contribution in [3.8, 4) is 0 Å². The molecule has 156 valence electrons. The number of allylic oxidation sites excluding steroid dienone is 4. The van der Waals surface area contributed by atoms with Gasteiger partial charge in [-0.05, 0) is 24.5 Å². The molecule has 0 aromatic heterocycles. The Bertz CT molecular complexity index is 863. The maximum Gasteiger partial charge on any atom is 0.0808 e. The molecule has 2 aromatic carbocycles. The van der Waals surface area contributed by atoms with E-state index in [9.17, 15) is 0 Å². The topological polar surface area (TPSA) is 0 Å². The molecule has 0 aliphatic heterocycles. The Morgan fingerprint density at radius 3 is 1.45 bits per heavy atom. The molecule has 4 heteroatoms. The van der Waals surface area contributed by atoms with Crippen LogP contribution < -0.4 is 10.6 Å². The zero-order valence-corrected chi connectivity index (χ0v) is 22.9. The molecule has 0 N–H and O–H groups in total. The third kappa shape index (κ3) is 5.18. The first-order chi connectivity index (χ1) is 12.5. The maximum absolute atomic E-state index is 3.93. The van der Waals surface area contributed by atoms with Gasteiger partial charge in [0.25, 0.3) is 0 Å². The van der Waals surface area contributed by atoms with Crippen molar-refractivity contribution in [1.29, 1.82) is 0 Å². The second-order valence-electron chi connectivity index (χ2n) is 8.94. The Hall–Kier alpha value is -0.611. The summed E-state index contributed by atoms with van der Waals surface area (Å²) >= 11 is 0. The molecule has 2 aromatic rings. The summed E-state index contributed by atoms with van der Waals surface area (Å²) in [6.07, 6.45) is 3.93. The van der Waals surface area contributed by atoms with E-state index in [0.717, 1.165) is 0 Å². The van der Waals surface area contributed by atoms with Crippen LogP contribution >= 0.6 is 19.9 Å². The van der Waals surface area contributed by atoms with E-state index in [1.165, 1.54) is 38.1 Å². The first kappa shape index (κ1) is 26.4. The van der Waals surface area contributed by atoms with E-state index < -0.39 is 15.2 Å². The van der Waals surface area contributed by atoms with Crippen molar-refractivity contribution < 1.29 is 17.4 Å². The maximum atomic E-state index is 3.93. The summed E-state index contributed by atoms with van der Waals surface area (Å²) in [6.45, 7) is 18.7. The molecule has 1 aliphatic carbocycles. The van der Waals surface area contributed by atoms with Crippen LogP contribution in [0.5, 0.6) is 0 Å². The van der Waals surface area contributed by atoms with Gasteiger partial charge in [0.15, 0.2) is 0 Å². The van der Waals surface area contributed by atoms with Crippen molar-refractivity contribution in [2.45, 2.75) is 54.6 Å². The summed E-state index contributed by atoms with van der Waals surface area (Å²) in [6, 6.07) is 18.5. The first-order valence-electron chi connectivity index (χ1n) is 9.81. The summed E-state index contributed by atoms with van der Waals surface area (Å²) in [4.78, 5) is 0. The molecule has 3 rings (SSSR count).